The highest BCUT2D eigenvalue weighted by Crippen LogP contribution is 2.37. The van der Waals surface area contributed by atoms with E-state index in [-0.39, 0.29) is 12.2 Å². The molecule has 1 saturated heterocycles. The smallest absolute Gasteiger partial charge is 0.410 e. The minimum Gasteiger partial charge on any atom is -0.444 e. The van der Waals surface area contributed by atoms with Gasteiger partial charge in [-0.2, -0.15) is 4.98 Å². The molecule has 1 aliphatic carbocycles. The highest BCUT2D eigenvalue weighted by molar-refractivity contribution is 5.94. The first-order chi connectivity index (χ1) is 19.2. The van der Waals surface area contributed by atoms with Crippen LogP contribution < -0.4 is 5.32 Å². The third kappa shape index (κ3) is 6.75. The number of amides is 1. The second kappa shape index (κ2) is 12.1. The Hall–Kier alpha value is -3.17. The van der Waals surface area contributed by atoms with Crippen molar-refractivity contribution in [1.82, 2.24) is 24.3 Å². The number of aliphatic hydroxyl groups excluding tert-OH is 1. The fourth-order valence-corrected chi connectivity index (χ4v) is 5.71. The minimum atomic E-state index is -0.478. The fraction of sp³-hybridized carbons (Fsp3) is 0.581. The van der Waals surface area contributed by atoms with Gasteiger partial charge >= 0.3 is 6.09 Å². The molecule has 216 valence electrons. The predicted octanol–water partition coefficient (Wildman–Crippen LogP) is 5.45. The lowest BCUT2D eigenvalue weighted by Gasteiger charge is -2.35. The number of ether oxygens (including phenoxy) is 1. The number of anilines is 1. The fourth-order valence-electron chi connectivity index (χ4n) is 5.71. The Morgan fingerprint density at radius 1 is 1.12 bits per heavy atom. The Labute approximate surface area is 237 Å². The zero-order chi connectivity index (χ0) is 28.3. The summed E-state index contributed by atoms with van der Waals surface area (Å²) in [6.45, 7) is 12.5. The van der Waals surface area contributed by atoms with E-state index in [1.165, 1.54) is 5.56 Å². The van der Waals surface area contributed by atoms with Gasteiger partial charge in [0.15, 0.2) is 0 Å². The van der Waals surface area contributed by atoms with Gasteiger partial charge in [-0.15, -0.1) is 0 Å². The second-order valence-electron chi connectivity index (χ2n) is 12.2. The normalized spacial score (nSPS) is 20.6. The number of piperazine rings is 1. The molecule has 0 unspecified atom stereocenters. The first-order valence-electron chi connectivity index (χ1n) is 14.8. The summed E-state index contributed by atoms with van der Waals surface area (Å²) in [5.74, 6) is 0.662. The summed E-state index contributed by atoms with van der Waals surface area (Å²) in [6, 6.07) is 9.05. The highest BCUT2D eigenvalue weighted by atomic mass is 16.6. The van der Waals surface area contributed by atoms with Gasteiger partial charge in [0.05, 0.1) is 6.10 Å². The van der Waals surface area contributed by atoms with Crippen molar-refractivity contribution in [3.05, 3.63) is 42.2 Å². The molecule has 1 aromatic carbocycles. The van der Waals surface area contributed by atoms with Crippen LogP contribution in [0.5, 0.6) is 0 Å². The summed E-state index contributed by atoms with van der Waals surface area (Å²) in [5.41, 5.74) is 4.01. The lowest BCUT2D eigenvalue weighted by atomic mass is 9.93. The maximum absolute atomic E-state index is 12.4. The number of hydrogen-bond acceptors (Lipinski definition) is 7. The van der Waals surface area contributed by atoms with Gasteiger partial charge in [-0.05, 0) is 70.1 Å². The van der Waals surface area contributed by atoms with Crippen molar-refractivity contribution < 1.29 is 14.6 Å². The first-order valence-corrected chi connectivity index (χ1v) is 14.8. The van der Waals surface area contributed by atoms with Crippen molar-refractivity contribution in [3.63, 3.8) is 0 Å². The molecule has 0 bridgehead atoms. The van der Waals surface area contributed by atoms with Crippen molar-refractivity contribution in [2.24, 2.45) is 0 Å². The number of nitrogens with one attached hydrogen (secondary N) is 1. The highest BCUT2D eigenvalue weighted by Gasteiger charge is 2.27. The van der Waals surface area contributed by atoms with Crippen molar-refractivity contribution >= 4 is 23.1 Å². The summed E-state index contributed by atoms with van der Waals surface area (Å²) in [4.78, 5) is 26.2. The van der Waals surface area contributed by atoms with Gasteiger partial charge in [-0.3, -0.25) is 4.90 Å². The molecule has 0 atom stereocenters. The van der Waals surface area contributed by atoms with Gasteiger partial charge in [0.2, 0.25) is 5.95 Å². The van der Waals surface area contributed by atoms with Crippen molar-refractivity contribution in [1.29, 1.82) is 0 Å². The minimum absolute atomic E-state index is 0.198. The second-order valence-corrected chi connectivity index (χ2v) is 12.2. The molecular weight excluding hydrogens is 504 g/mol. The molecule has 0 radical (unpaired) electrons. The molecule has 1 aliphatic heterocycles. The molecule has 2 aromatic heterocycles. The summed E-state index contributed by atoms with van der Waals surface area (Å²) in [7, 11) is 0. The van der Waals surface area contributed by atoms with E-state index in [2.05, 4.69) is 57.2 Å². The van der Waals surface area contributed by atoms with Crippen molar-refractivity contribution in [2.75, 3.05) is 38.0 Å². The zero-order valence-electron chi connectivity index (χ0n) is 24.4. The van der Waals surface area contributed by atoms with Crippen LogP contribution in [0.15, 0.2) is 36.7 Å². The third-order valence-electron chi connectivity index (χ3n) is 7.83. The average molecular weight is 549 g/mol. The molecule has 0 spiro atoms. The number of carbonyl (C=O) groups excluding carboxylic acids is 1. The first kappa shape index (κ1) is 28.4. The number of nitrogens with zero attached hydrogens (tertiary/aromatic N) is 5. The third-order valence-corrected chi connectivity index (χ3v) is 7.83. The molecule has 2 aliphatic rings. The van der Waals surface area contributed by atoms with Crippen LogP contribution in [0.1, 0.15) is 71.4 Å². The number of carbonyl (C=O) groups is 1. The van der Waals surface area contributed by atoms with Crippen LogP contribution in [-0.2, 0) is 11.3 Å². The maximum Gasteiger partial charge on any atom is 0.410 e. The Bertz CT molecular complexity index is 1300. The topological polar surface area (TPSA) is 95.8 Å². The molecule has 3 heterocycles. The molecule has 2 fully saturated rings. The lowest BCUT2D eigenvalue weighted by Crippen LogP contribution is -2.49. The Kier molecular flexibility index (Phi) is 8.61. The largest absolute Gasteiger partial charge is 0.444 e. The van der Waals surface area contributed by atoms with E-state index in [1.807, 2.05) is 27.0 Å². The molecule has 40 heavy (non-hydrogen) atoms. The SMILES string of the molecule is CCCNc1ncc2c(-c3cccc(CN4CCN(C(=O)OC(C)(C)C)CC4)c3)cn([C@H]3CC[C@H](O)CC3)c2n1. The molecular formula is C31H44N6O3. The van der Waals surface area contributed by atoms with E-state index >= 15 is 0 Å². The zero-order valence-corrected chi connectivity index (χ0v) is 24.4. The van der Waals surface area contributed by atoms with Gasteiger partial charge in [-0.25, -0.2) is 9.78 Å². The molecule has 1 amide bonds. The number of rotatable bonds is 7. The molecule has 9 heteroatoms. The van der Waals surface area contributed by atoms with E-state index in [4.69, 9.17) is 9.72 Å². The van der Waals surface area contributed by atoms with Crippen LogP contribution in [0.4, 0.5) is 10.7 Å². The van der Waals surface area contributed by atoms with Crippen LogP contribution in [0.25, 0.3) is 22.2 Å². The summed E-state index contributed by atoms with van der Waals surface area (Å²) < 4.78 is 7.87. The number of fused-ring (bicyclic) bond motifs is 1. The van der Waals surface area contributed by atoms with Crippen LogP contribution >= 0.6 is 0 Å². The Morgan fingerprint density at radius 2 is 1.88 bits per heavy atom. The van der Waals surface area contributed by atoms with E-state index in [1.54, 1.807) is 4.90 Å². The predicted molar refractivity (Wildman–Crippen MR) is 158 cm³/mol. The van der Waals surface area contributed by atoms with Crippen LogP contribution in [0.2, 0.25) is 0 Å². The maximum atomic E-state index is 12.4. The average Bonchev–Trinajstić information content (AvgIpc) is 3.31. The molecule has 3 aromatic rings. The van der Waals surface area contributed by atoms with Crippen LogP contribution in [0, 0.1) is 0 Å². The monoisotopic (exact) mass is 548 g/mol. The Morgan fingerprint density at radius 3 is 2.58 bits per heavy atom. The number of benzene rings is 1. The molecule has 5 rings (SSSR count). The van der Waals surface area contributed by atoms with E-state index in [0.717, 1.165) is 80.4 Å². The molecule has 2 N–H and O–H groups in total. The van der Waals surface area contributed by atoms with Gasteiger partial charge in [0.25, 0.3) is 0 Å². The number of hydrogen-bond donors (Lipinski definition) is 2. The van der Waals surface area contributed by atoms with Crippen molar-refractivity contribution in [3.8, 4) is 11.1 Å². The van der Waals surface area contributed by atoms with Crippen LogP contribution in [-0.4, -0.2) is 80.0 Å². The van der Waals surface area contributed by atoms with E-state index in [9.17, 15) is 9.90 Å². The van der Waals surface area contributed by atoms with Gasteiger partial charge in [-0.1, -0.05) is 25.1 Å². The number of aliphatic hydroxyl groups is 1. The van der Waals surface area contributed by atoms with Crippen molar-refractivity contribution in [2.45, 2.75) is 84.1 Å². The Balaban J connectivity index is 1.35. The number of aromatic nitrogens is 3. The van der Waals surface area contributed by atoms with E-state index in [0.29, 0.717) is 25.1 Å². The van der Waals surface area contributed by atoms with Gasteiger partial charge < -0.3 is 24.6 Å². The molecule has 1 saturated carbocycles. The van der Waals surface area contributed by atoms with Gasteiger partial charge in [0.1, 0.15) is 11.2 Å². The van der Waals surface area contributed by atoms with Crippen LogP contribution in [0.3, 0.4) is 0 Å². The van der Waals surface area contributed by atoms with E-state index < -0.39 is 5.60 Å². The quantitative estimate of drug-likeness (QED) is 0.405. The molecule has 9 nitrogen and oxygen atoms in total. The summed E-state index contributed by atoms with van der Waals surface area (Å²) in [6.07, 6.45) is 8.31. The standard InChI is InChI=1S/C31H44N6O3/c1-5-13-32-29-33-19-26-27(21-37(28(26)34-29)24-9-11-25(38)12-10-24)23-8-6-7-22(18-23)20-35-14-16-36(17-15-35)30(39)40-31(2,3)4/h6-8,18-19,21,24-25,38H,5,9-17,20H2,1-4H3,(H,32,33,34)/t24-,25-. The van der Waals surface area contributed by atoms with Gasteiger partial charge in [0, 0.05) is 68.7 Å². The lowest BCUT2D eigenvalue weighted by molar-refractivity contribution is 0.0139. The summed E-state index contributed by atoms with van der Waals surface area (Å²) >= 11 is 0. The summed E-state index contributed by atoms with van der Waals surface area (Å²) in [5, 5.41) is 14.5.